The maximum atomic E-state index is 6.12. The van der Waals surface area contributed by atoms with Crippen molar-refractivity contribution in [3.63, 3.8) is 0 Å². The number of benzene rings is 1. The SMILES string of the molecule is Clc1nc(C2CNCCO2)c2ccc(-c3cncnc3)cc2n1. The lowest BCUT2D eigenvalue weighted by Crippen LogP contribution is -2.34. The molecule has 4 rings (SSSR count). The van der Waals surface area contributed by atoms with Gasteiger partial charge in [-0.05, 0) is 23.2 Å². The number of halogens is 1. The molecule has 116 valence electrons. The average molecular weight is 328 g/mol. The van der Waals surface area contributed by atoms with Crippen molar-refractivity contribution in [1.82, 2.24) is 25.3 Å². The number of nitrogens with zero attached hydrogens (tertiary/aromatic N) is 4. The second-order valence-corrected chi connectivity index (χ2v) is 5.64. The summed E-state index contributed by atoms with van der Waals surface area (Å²) in [7, 11) is 0. The van der Waals surface area contributed by atoms with Crippen molar-refractivity contribution in [1.29, 1.82) is 0 Å². The lowest BCUT2D eigenvalue weighted by atomic mass is 10.0. The molecule has 6 nitrogen and oxygen atoms in total. The van der Waals surface area contributed by atoms with Gasteiger partial charge < -0.3 is 10.1 Å². The van der Waals surface area contributed by atoms with Crippen molar-refractivity contribution in [3.8, 4) is 11.1 Å². The predicted molar refractivity (Wildman–Crippen MR) is 87.1 cm³/mol. The van der Waals surface area contributed by atoms with Crippen molar-refractivity contribution < 1.29 is 4.74 Å². The molecule has 2 aromatic heterocycles. The van der Waals surface area contributed by atoms with E-state index in [1.54, 1.807) is 12.4 Å². The van der Waals surface area contributed by atoms with E-state index >= 15 is 0 Å². The molecule has 1 atom stereocenters. The van der Waals surface area contributed by atoms with E-state index in [1.165, 1.54) is 6.33 Å². The van der Waals surface area contributed by atoms with Gasteiger partial charge in [0, 0.05) is 36.4 Å². The fourth-order valence-corrected chi connectivity index (χ4v) is 2.92. The molecule has 1 aromatic carbocycles. The van der Waals surface area contributed by atoms with Gasteiger partial charge in [0.25, 0.3) is 0 Å². The van der Waals surface area contributed by atoms with Crippen LogP contribution in [0.3, 0.4) is 0 Å². The van der Waals surface area contributed by atoms with Gasteiger partial charge in [-0.3, -0.25) is 0 Å². The van der Waals surface area contributed by atoms with Gasteiger partial charge in [0.1, 0.15) is 12.4 Å². The molecule has 0 aliphatic carbocycles. The quantitative estimate of drug-likeness (QED) is 0.729. The molecule has 0 radical (unpaired) electrons. The van der Waals surface area contributed by atoms with Crippen LogP contribution in [0, 0.1) is 0 Å². The molecule has 7 heteroatoms. The highest BCUT2D eigenvalue weighted by Crippen LogP contribution is 2.29. The highest BCUT2D eigenvalue weighted by atomic mass is 35.5. The van der Waals surface area contributed by atoms with E-state index in [-0.39, 0.29) is 11.4 Å². The maximum absolute atomic E-state index is 6.12. The Morgan fingerprint density at radius 3 is 2.78 bits per heavy atom. The summed E-state index contributed by atoms with van der Waals surface area (Å²) in [6.45, 7) is 2.23. The van der Waals surface area contributed by atoms with Gasteiger partial charge in [-0.2, -0.15) is 0 Å². The number of fused-ring (bicyclic) bond motifs is 1. The van der Waals surface area contributed by atoms with Crippen molar-refractivity contribution >= 4 is 22.5 Å². The van der Waals surface area contributed by atoms with Gasteiger partial charge in [0.2, 0.25) is 5.28 Å². The summed E-state index contributed by atoms with van der Waals surface area (Å²) in [6, 6.07) is 5.99. The minimum Gasteiger partial charge on any atom is -0.369 e. The van der Waals surface area contributed by atoms with Crippen LogP contribution in [0.25, 0.3) is 22.0 Å². The molecule has 3 aromatic rings. The lowest BCUT2D eigenvalue weighted by Gasteiger charge is -2.24. The van der Waals surface area contributed by atoms with Crippen LogP contribution in [0.1, 0.15) is 11.8 Å². The first-order valence-corrected chi connectivity index (χ1v) is 7.74. The summed E-state index contributed by atoms with van der Waals surface area (Å²) in [5.41, 5.74) is 3.53. The Balaban J connectivity index is 1.83. The molecule has 1 fully saturated rings. The molecular weight excluding hydrogens is 314 g/mol. The van der Waals surface area contributed by atoms with Gasteiger partial charge in [0.05, 0.1) is 17.8 Å². The number of hydrogen-bond acceptors (Lipinski definition) is 6. The Hall–Kier alpha value is -2.15. The summed E-state index contributed by atoms with van der Waals surface area (Å²) in [5.74, 6) is 0. The standard InChI is InChI=1S/C16H14ClN5O/c17-16-21-13-5-10(11-6-19-9-20-7-11)1-2-12(13)15(22-16)14-8-18-3-4-23-14/h1-2,5-7,9,14,18H,3-4,8H2. The summed E-state index contributed by atoms with van der Waals surface area (Å²) in [6.07, 6.45) is 4.94. The Kier molecular flexibility index (Phi) is 3.87. The zero-order valence-electron chi connectivity index (χ0n) is 12.2. The van der Waals surface area contributed by atoms with E-state index < -0.39 is 0 Å². The number of rotatable bonds is 2. The molecule has 0 spiro atoms. The Morgan fingerprint density at radius 2 is 2.00 bits per heavy atom. The molecule has 1 aliphatic rings. The van der Waals surface area contributed by atoms with Gasteiger partial charge in [0.15, 0.2) is 0 Å². The topological polar surface area (TPSA) is 72.8 Å². The first-order chi connectivity index (χ1) is 11.3. The summed E-state index contributed by atoms with van der Waals surface area (Å²) < 4.78 is 5.81. The third-order valence-electron chi connectivity index (χ3n) is 3.83. The lowest BCUT2D eigenvalue weighted by molar-refractivity contribution is 0.0260. The van der Waals surface area contributed by atoms with Crippen LogP contribution < -0.4 is 5.32 Å². The number of ether oxygens (including phenoxy) is 1. The van der Waals surface area contributed by atoms with Crippen molar-refractivity contribution in [2.24, 2.45) is 0 Å². The smallest absolute Gasteiger partial charge is 0.223 e. The zero-order chi connectivity index (χ0) is 15.6. The molecule has 1 aliphatic heterocycles. The number of aromatic nitrogens is 4. The summed E-state index contributed by atoms with van der Waals surface area (Å²) in [5, 5.41) is 4.48. The highest BCUT2D eigenvalue weighted by molar-refractivity contribution is 6.28. The third-order valence-corrected chi connectivity index (χ3v) is 3.99. The van der Waals surface area contributed by atoms with Crippen molar-refractivity contribution in [3.05, 3.63) is 47.9 Å². The summed E-state index contributed by atoms with van der Waals surface area (Å²) in [4.78, 5) is 16.8. The minimum absolute atomic E-state index is 0.113. The monoisotopic (exact) mass is 327 g/mol. The van der Waals surface area contributed by atoms with E-state index in [9.17, 15) is 0 Å². The molecule has 0 saturated carbocycles. The summed E-state index contributed by atoms with van der Waals surface area (Å²) >= 11 is 6.12. The van der Waals surface area contributed by atoms with Gasteiger partial charge in [-0.1, -0.05) is 12.1 Å². The highest BCUT2D eigenvalue weighted by Gasteiger charge is 2.21. The predicted octanol–water partition coefficient (Wildman–Crippen LogP) is 2.40. The largest absolute Gasteiger partial charge is 0.369 e. The molecule has 3 heterocycles. The molecular formula is C16H14ClN5O. The molecule has 0 bridgehead atoms. The molecule has 1 unspecified atom stereocenters. The molecule has 23 heavy (non-hydrogen) atoms. The molecule has 0 amide bonds. The van der Waals surface area contributed by atoms with Crippen LogP contribution in [0.2, 0.25) is 5.28 Å². The van der Waals surface area contributed by atoms with Crippen LogP contribution in [0.4, 0.5) is 0 Å². The van der Waals surface area contributed by atoms with E-state index in [2.05, 4.69) is 25.3 Å². The minimum atomic E-state index is -0.113. The van der Waals surface area contributed by atoms with E-state index in [1.807, 2.05) is 18.2 Å². The van der Waals surface area contributed by atoms with Crippen LogP contribution in [-0.2, 0) is 4.74 Å². The van der Waals surface area contributed by atoms with E-state index in [4.69, 9.17) is 16.3 Å². The van der Waals surface area contributed by atoms with Gasteiger partial charge >= 0.3 is 0 Å². The third kappa shape index (κ3) is 2.88. The van der Waals surface area contributed by atoms with Crippen molar-refractivity contribution in [2.45, 2.75) is 6.10 Å². The second kappa shape index (κ2) is 6.16. The number of nitrogens with one attached hydrogen (secondary N) is 1. The Bertz CT molecular complexity index is 836. The fourth-order valence-electron chi connectivity index (χ4n) is 2.74. The van der Waals surface area contributed by atoms with E-state index in [0.29, 0.717) is 6.61 Å². The Morgan fingerprint density at radius 1 is 1.13 bits per heavy atom. The number of morpholine rings is 1. The van der Waals surface area contributed by atoms with Crippen molar-refractivity contribution in [2.75, 3.05) is 19.7 Å². The molecule has 1 saturated heterocycles. The van der Waals surface area contributed by atoms with Gasteiger partial charge in [-0.15, -0.1) is 0 Å². The van der Waals surface area contributed by atoms with E-state index in [0.717, 1.165) is 40.8 Å². The normalized spacial score (nSPS) is 18.2. The van der Waals surface area contributed by atoms with Crippen LogP contribution >= 0.6 is 11.6 Å². The zero-order valence-corrected chi connectivity index (χ0v) is 13.0. The number of hydrogen-bond donors (Lipinski definition) is 1. The first-order valence-electron chi connectivity index (χ1n) is 7.36. The average Bonchev–Trinajstić information content (AvgIpc) is 2.62. The molecule has 1 N–H and O–H groups in total. The van der Waals surface area contributed by atoms with Gasteiger partial charge in [-0.25, -0.2) is 19.9 Å². The maximum Gasteiger partial charge on any atom is 0.223 e. The first kappa shape index (κ1) is 14.4. The van der Waals surface area contributed by atoms with Crippen LogP contribution in [-0.4, -0.2) is 39.6 Å². The fraction of sp³-hybridized carbons (Fsp3) is 0.250. The second-order valence-electron chi connectivity index (χ2n) is 5.30. The Labute approximate surface area is 137 Å². The van der Waals surface area contributed by atoms with Crippen LogP contribution in [0.5, 0.6) is 0 Å². The van der Waals surface area contributed by atoms with Crippen LogP contribution in [0.15, 0.2) is 36.9 Å².